The van der Waals surface area contributed by atoms with Crippen molar-refractivity contribution >= 4 is 21.8 Å². The SMILES string of the molecule is CCN1CCN(Cc2ccc(CNC(=O)C3(c4ccc(Br)cc4)CC3)cc2)CC1. The number of nitrogens with zero attached hydrogens (tertiary/aromatic N) is 2. The van der Waals surface area contributed by atoms with Gasteiger partial charge in [0.05, 0.1) is 5.41 Å². The first kappa shape index (κ1) is 20.6. The molecule has 0 spiro atoms. The number of nitrogens with one attached hydrogen (secondary N) is 1. The number of carbonyl (C=O) groups is 1. The first-order chi connectivity index (χ1) is 14.1. The van der Waals surface area contributed by atoms with Crippen molar-refractivity contribution in [1.29, 1.82) is 0 Å². The van der Waals surface area contributed by atoms with E-state index < -0.39 is 0 Å². The summed E-state index contributed by atoms with van der Waals surface area (Å²) < 4.78 is 1.05. The minimum Gasteiger partial charge on any atom is -0.351 e. The molecule has 5 heteroatoms. The van der Waals surface area contributed by atoms with Gasteiger partial charge in [-0.15, -0.1) is 0 Å². The fourth-order valence-corrected chi connectivity index (χ4v) is 4.44. The number of carbonyl (C=O) groups excluding carboxylic acids is 1. The first-order valence-electron chi connectivity index (χ1n) is 10.7. The van der Waals surface area contributed by atoms with Crippen LogP contribution in [0.5, 0.6) is 0 Å². The Morgan fingerprint density at radius 2 is 1.52 bits per heavy atom. The zero-order valence-corrected chi connectivity index (χ0v) is 18.7. The van der Waals surface area contributed by atoms with Gasteiger partial charge in [0.1, 0.15) is 0 Å². The van der Waals surface area contributed by atoms with E-state index in [2.05, 4.69) is 74.4 Å². The molecule has 0 bridgehead atoms. The van der Waals surface area contributed by atoms with E-state index in [9.17, 15) is 4.79 Å². The lowest BCUT2D eigenvalue weighted by molar-refractivity contribution is -0.123. The van der Waals surface area contributed by atoms with Crippen molar-refractivity contribution in [2.24, 2.45) is 0 Å². The quantitative estimate of drug-likeness (QED) is 0.686. The molecular weight excluding hydrogens is 426 g/mol. The van der Waals surface area contributed by atoms with Gasteiger partial charge < -0.3 is 10.2 Å². The van der Waals surface area contributed by atoms with Crippen LogP contribution in [0.25, 0.3) is 0 Å². The van der Waals surface area contributed by atoms with E-state index >= 15 is 0 Å². The summed E-state index contributed by atoms with van der Waals surface area (Å²) in [7, 11) is 0. The normalized spacial score (nSPS) is 19.1. The number of likely N-dealkylation sites (N-methyl/N-ethyl adjacent to an activating group) is 1. The van der Waals surface area contributed by atoms with Gasteiger partial charge in [-0.25, -0.2) is 0 Å². The Morgan fingerprint density at radius 1 is 0.931 bits per heavy atom. The van der Waals surface area contributed by atoms with E-state index in [4.69, 9.17) is 0 Å². The van der Waals surface area contributed by atoms with Crippen molar-refractivity contribution < 1.29 is 4.79 Å². The van der Waals surface area contributed by atoms with Crippen LogP contribution in [0.3, 0.4) is 0 Å². The highest BCUT2D eigenvalue weighted by Gasteiger charge is 2.50. The summed E-state index contributed by atoms with van der Waals surface area (Å²) in [5.41, 5.74) is 3.31. The molecule has 0 radical (unpaired) electrons. The minimum atomic E-state index is -0.318. The molecule has 0 atom stereocenters. The molecule has 1 N–H and O–H groups in total. The van der Waals surface area contributed by atoms with Gasteiger partial charge in [-0.3, -0.25) is 9.69 Å². The lowest BCUT2D eigenvalue weighted by Crippen LogP contribution is -2.45. The molecule has 2 fully saturated rings. The zero-order valence-electron chi connectivity index (χ0n) is 17.2. The maximum atomic E-state index is 12.8. The van der Waals surface area contributed by atoms with Crippen LogP contribution in [0, 0.1) is 0 Å². The lowest BCUT2D eigenvalue weighted by Gasteiger charge is -2.34. The second kappa shape index (κ2) is 8.99. The van der Waals surface area contributed by atoms with E-state index in [1.165, 1.54) is 18.7 Å². The van der Waals surface area contributed by atoms with Gasteiger partial charge in [-0.2, -0.15) is 0 Å². The fourth-order valence-electron chi connectivity index (χ4n) is 4.18. The van der Waals surface area contributed by atoms with Crippen LogP contribution < -0.4 is 5.32 Å². The first-order valence-corrected chi connectivity index (χ1v) is 11.5. The summed E-state index contributed by atoms with van der Waals surface area (Å²) in [6.45, 7) is 9.60. The second-order valence-corrected chi connectivity index (χ2v) is 9.21. The van der Waals surface area contributed by atoms with Gasteiger partial charge in [0, 0.05) is 43.7 Å². The molecule has 1 amide bonds. The van der Waals surface area contributed by atoms with E-state index in [1.807, 2.05) is 12.1 Å². The summed E-state index contributed by atoms with van der Waals surface area (Å²) in [5.74, 6) is 0.151. The highest BCUT2D eigenvalue weighted by Crippen LogP contribution is 2.48. The molecule has 1 aliphatic heterocycles. The van der Waals surface area contributed by atoms with Gasteiger partial charge in [0.15, 0.2) is 0 Å². The number of benzene rings is 2. The standard InChI is InChI=1S/C24H30BrN3O/c1-2-27-13-15-28(16-14-27)18-20-5-3-19(4-6-20)17-26-23(29)24(11-12-24)21-7-9-22(25)10-8-21/h3-10H,2,11-18H2,1H3,(H,26,29). The monoisotopic (exact) mass is 455 g/mol. The minimum absolute atomic E-state index is 0.151. The summed E-state index contributed by atoms with van der Waals surface area (Å²) in [6.07, 6.45) is 1.87. The highest BCUT2D eigenvalue weighted by atomic mass is 79.9. The van der Waals surface area contributed by atoms with Crippen LogP contribution >= 0.6 is 15.9 Å². The average Bonchev–Trinajstić information content (AvgIpc) is 3.56. The number of rotatable bonds is 7. The molecule has 154 valence electrons. The second-order valence-electron chi connectivity index (χ2n) is 8.30. The molecule has 1 aliphatic carbocycles. The molecule has 0 unspecified atom stereocenters. The van der Waals surface area contributed by atoms with Crippen LogP contribution in [0.2, 0.25) is 0 Å². The van der Waals surface area contributed by atoms with E-state index in [0.29, 0.717) is 6.54 Å². The smallest absolute Gasteiger partial charge is 0.230 e. The van der Waals surface area contributed by atoms with Crippen molar-refractivity contribution in [3.63, 3.8) is 0 Å². The Labute approximate surface area is 182 Å². The molecule has 4 rings (SSSR count). The maximum Gasteiger partial charge on any atom is 0.230 e. The Kier molecular flexibility index (Phi) is 6.38. The maximum absolute atomic E-state index is 12.8. The van der Waals surface area contributed by atoms with Crippen LogP contribution in [-0.4, -0.2) is 48.4 Å². The molecule has 2 aliphatic rings. The molecule has 4 nitrogen and oxygen atoms in total. The van der Waals surface area contributed by atoms with Crippen LogP contribution in [0.15, 0.2) is 53.0 Å². The Morgan fingerprint density at radius 3 is 2.10 bits per heavy atom. The van der Waals surface area contributed by atoms with Crippen LogP contribution in [0.1, 0.15) is 36.5 Å². The summed E-state index contributed by atoms with van der Waals surface area (Å²) in [6, 6.07) is 16.9. The largest absolute Gasteiger partial charge is 0.351 e. The zero-order chi connectivity index (χ0) is 20.3. The summed E-state index contributed by atoms with van der Waals surface area (Å²) in [5, 5.41) is 3.16. The topological polar surface area (TPSA) is 35.6 Å². The molecule has 1 saturated carbocycles. The molecule has 1 heterocycles. The molecule has 0 aromatic heterocycles. The molecule has 2 aromatic rings. The van der Waals surface area contributed by atoms with E-state index in [-0.39, 0.29) is 11.3 Å². The third kappa shape index (κ3) is 4.90. The van der Waals surface area contributed by atoms with Crippen molar-refractivity contribution in [1.82, 2.24) is 15.1 Å². The lowest BCUT2D eigenvalue weighted by atomic mass is 9.95. The summed E-state index contributed by atoms with van der Waals surface area (Å²) >= 11 is 3.47. The van der Waals surface area contributed by atoms with Crippen LogP contribution in [0.4, 0.5) is 0 Å². The number of hydrogen-bond acceptors (Lipinski definition) is 3. The number of halogens is 1. The molecule has 1 saturated heterocycles. The highest BCUT2D eigenvalue weighted by molar-refractivity contribution is 9.10. The van der Waals surface area contributed by atoms with Crippen molar-refractivity contribution in [2.45, 2.75) is 38.3 Å². The van der Waals surface area contributed by atoms with Crippen molar-refractivity contribution in [3.8, 4) is 0 Å². The summed E-state index contributed by atoms with van der Waals surface area (Å²) in [4.78, 5) is 17.9. The number of hydrogen-bond donors (Lipinski definition) is 1. The Balaban J connectivity index is 1.28. The predicted molar refractivity (Wildman–Crippen MR) is 121 cm³/mol. The van der Waals surface area contributed by atoms with Gasteiger partial charge in [-0.05, 0) is 48.2 Å². The third-order valence-corrected chi connectivity index (χ3v) is 6.90. The average molecular weight is 456 g/mol. The number of piperazine rings is 1. The van der Waals surface area contributed by atoms with E-state index in [1.54, 1.807) is 0 Å². The van der Waals surface area contributed by atoms with Crippen LogP contribution in [-0.2, 0) is 23.3 Å². The van der Waals surface area contributed by atoms with Gasteiger partial charge in [0.25, 0.3) is 0 Å². The molecule has 2 aromatic carbocycles. The van der Waals surface area contributed by atoms with Gasteiger partial charge >= 0.3 is 0 Å². The fraction of sp³-hybridized carbons (Fsp3) is 0.458. The Bertz CT molecular complexity index is 822. The Hall–Kier alpha value is -1.69. The van der Waals surface area contributed by atoms with E-state index in [0.717, 1.165) is 54.6 Å². The van der Waals surface area contributed by atoms with Crippen molar-refractivity contribution in [3.05, 3.63) is 69.7 Å². The third-order valence-electron chi connectivity index (χ3n) is 6.38. The molecule has 29 heavy (non-hydrogen) atoms. The van der Waals surface area contributed by atoms with Crippen molar-refractivity contribution in [2.75, 3.05) is 32.7 Å². The predicted octanol–water partition coefficient (Wildman–Crippen LogP) is 3.93. The molecular formula is C24H30BrN3O. The van der Waals surface area contributed by atoms with Gasteiger partial charge in [0.2, 0.25) is 5.91 Å². The number of amides is 1. The van der Waals surface area contributed by atoms with Gasteiger partial charge in [-0.1, -0.05) is 59.3 Å².